The topological polar surface area (TPSA) is 89.4 Å². The number of benzene rings is 3. The minimum atomic E-state index is -0.336. The van der Waals surface area contributed by atoms with Crippen LogP contribution in [0.5, 0.6) is 5.75 Å². The first-order valence-corrected chi connectivity index (χ1v) is 15.1. The number of nitrogens with one attached hydrogen (secondary N) is 1. The SMILES string of the molecule is CCOC(=O)c1[nH]c2c(-c3c(CCCCCCO)nn(C)c3C)cccc2c1CCCOc1cccc2ccccc12. The van der Waals surface area contributed by atoms with E-state index in [0.29, 0.717) is 25.3 Å². The van der Waals surface area contributed by atoms with Crippen LogP contribution in [0.1, 0.15) is 66.5 Å². The van der Waals surface area contributed by atoms with Crippen molar-refractivity contribution in [3.05, 3.63) is 83.3 Å². The molecule has 7 nitrogen and oxygen atoms in total. The molecule has 0 aliphatic carbocycles. The normalized spacial score (nSPS) is 11.4. The van der Waals surface area contributed by atoms with Crippen molar-refractivity contribution in [3.8, 4) is 16.9 Å². The first-order chi connectivity index (χ1) is 20.5. The third-order valence-electron chi connectivity index (χ3n) is 8.00. The number of esters is 1. The average Bonchev–Trinajstić information content (AvgIpc) is 3.51. The third kappa shape index (κ3) is 6.21. The number of H-pyrrole nitrogens is 1. The maximum absolute atomic E-state index is 13.1. The molecule has 0 saturated heterocycles. The number of rotatable bonds is 14. The second kappa shape index (κ2) is 13.7. The molecule has 0 fully saturated rings. The Kier molecular flexibility index (Phi) is 9.59. The number of carbonyl (C=O) groups excluding carboxylic acids is 1. The zero-order valence-electron chi connectivity index (χ0n) is 24.9. The van der Waals surface area contributed by atoms with E-state index < -0.39 is 0 Å². The van der Waals surface area contributed by atoms with E-state index in [9.17, 15) is 4.79 Å². The van der Waals surface area contributed by atoms with Crippen LogP contribution in [0.4, 0.5) is 0 Å². The van der Waals surface area contributed by atoms with Gasteiger partial charge in [0.1, 0.15) is 11.4 Å². The van der Waals surface area contributed by atoms with E-state index in [-0.39, 0.29) is 12.6 Å². The Bertz CT molecular complexity index is 1660. The summed E-state index contributed by atoms with van der Waals surface area (Å²) in [5.74, 6) is 0.535. The van der Waals surface area contributed by atoms with E-state index >= 15 is 0 Å². The molecule has 2 aromatic heterocycles. The van der Waals surface area contributed by atoms with Crippen molar-refractivity contribution in [1.82, 2.24) is 14.8 Å². The van der Waals surface area contributed by atoms with Crippen LogP contribution in [-0.4, -0.2) is 45.7 Å². The molecular formula is C35H41N3O4. The number of ether oxygens (including phenoxy) is 2. The standard InChI is InChI=1S/C35H41N3O4/c1-4-41-35(40)34-28(19-13-23-42-31-21-11-15-25-14-8-9-16-26(25)31)27-17-12-18-29(33(27)36-34)32-24(2)38(3)37-30(32)20-7-5-6-10-22-39/h8-9,11-12,14-18,21,36,39H,4-7,10,13,19-20,22-23H2,1-3H3. The van der Waals surface area contributed by atoms with Gasteiger partial charge in [-0.15, -0.1) is 0 Å². The number of aromatic nitrogens is 3. The molecule has 7 heteroatoms. The molecule has 2 N–H and O–H groups in total. The maximum atomic E-state index is 13.1. The van der Waals surface area contributed by atoms with Crippen LogP contribution >= 0.6 is 0 Å². The van der Waals surface area contributed by atoms with E-state index in [2.05, 4.69) is 48.3 Å². The van der Waals surface area contributed by atoms with Crippen LogP contribution in [0.15, 0.2) is 60.7 Å². The molecule has 0 radical (unpaired) electrons. The summed E-state index contributed by atoms with van der Waals surface area (Å²) in [6.45, 7) is 5.01. The highest BCUT2D eigenvalue weighted by molar-refractivity contribution is 6.04. The molecular weight excluding hydrogens is 526 g/mol. The van der Waals surface area contributed by atoms with Gasteiger partial charge in [0.2, 0.25) is 0 Å². The molecule has 0 amide bonds. The summed E-state index contributed by atoms with van der Waals surface area (Å²) >= 11 is 0. The van der Waals surface area contributed by atoms with Crippen molar-refractivity contribution in [2.45, 2.75) is 58.8 Å². The number of aliphatic hydroxyl groups excluding tert-OH is 1. The molecule has 0 aliphatic heterocycles. The van der Waals surface area contributed by atoms with E-state index in [4.69, 9.17) is 19.7 Å². The largest absolute Gasteiger partial charge is 0.493 e. The lowest BCUT2D eigenvalue weighted by Crippen LogP contribution is -2.09. The fourth-order valence-corrected chi connectivity index (χ4v) is 5.83. The van der Waals surface area contributed by atoms with E-state index in [1.54, 1.807) is 0 Å². The Morgan fingerprint density at radius 3 is 2.52 bits per heavy atom. The van der Waals surface area contributed by atoms with Gasteiger partial charge in [-0.05, 0) is 63.0 Å². The summed E-state index contributed by atoms with van der Waals surface area (Å²) in [7, 11) is 1.98. The monoisotopic (exact) mass is 567 g/mol. The van der Waals surface area contributed by atoms with Gasteiger partial charge < -0.3 is 19.6 Å². The molecule has 0 saturated carbocycles. The minimum absolute atomic E-state index is 0.239. The average molecular weight is 568 g/mol. The van der Waals surface area contributed by atoms with Gasteiger partial charge in [0.15, 0.2) is 0 Å². The molecule has 5 rings (SSSR count). The lowest BCUT2D eigenvalue weighted by molar-refractivity contribution is 0.0519. The first kappa shape index (κ1) is 29.4. The predicted octanol–water partition coefficient (Wildman–Crippen LogP) is 7.31. The molecule has 3 aromatic carbocycles. The smallest absolute Gasteiger partial charge is 0.355 e. The fourth-order valence-electron chi connectivity index (χ4n) is 5.83. The van der Waals surface area contributed by atoms with Crippen molar-refractivity contribution in [3.63, 3.8) is 0 Å². The van der Waals surface area contributed by atoms with Crippen molar-refractivity contribution < 1.29 is 19.4 Å². The van der Waals surface area contributed by atoms with Crippen LogP contribution in [0.2, 0.25) is 0 Å². The van der Waals surface area contributed by atoms with Gasteiger partial charge in [-0.1, -0.05) is 67.4 Å². The number of aryl methyl sites for hydroxylation is 3. The Morgan fingerprint density at radius 1 is 0.929 bits per heavy atom. The highest BCUT2D eigenvalue weighted by Gasteiger charge is 2.23. The highest BCUT2D eigenvalue weighted by Crippen LogP contribution is 2.36. The Balaban J connectivity index is 1.43. The van der Waals surface area contributed by atoms with Crippen LogP contribution in [0.3, 0.4) is 0 Å². The summed E-state index contributed by atoms with van der Waals surface area (Å²) < 4.78 is 13.6. The molecule has 2 heterocycles. The number of carbonyl (C=O) groups is 1. The molecule has 0 spiro atoms. The number of hydrogen-bond donors (Lipinski definition) is 2. The zero-order chi connectivity index (χ0) is 29.5. The summed E-state index contributed by atoms with van der Waals surface area (Å²) in [4.78, 5) is 16.6. The van der Waals surface area contributed by atoms with Gasteiger partial charge in [0.05, 0.1) is 24.4 Å². The highest BCUT2D eigenvalue weighted by atomic mass is 16.5. The summed E-state index contributed by atoms with van der Waals surface area (Å²) in [5.41, 5.74) is 6.72. The van der Waals surface area contributed by atoms with Gasteiger partial charge in [-0.25, -0.2) is 4.79 Å². The second-order valence-electron chi connectivity index (χ2n) is 10.8. The van der Waals surface area contributed by atoms with Gasteiger partial charge in [0, 0.05) is 41.2 Å². The summed E-state index contributed by atoms with van der Waals surface area (Å²) in [6.07, 6.45) is 6.20. The van der Waals surface area contributed by atoms with Crippen molar-refractivity contribution in [2.75, 3.05) is 19.8 Å². The van der Waals surface area contributed by atoms with E-state index in [0.717, 1.165) is 94.0 Å². The number of aliphatic hydroxyl groups is 1. The van der Waals surface area contributed by atoms with Crippen LogP contribution in [-0.2, 0) is 24.6 Å². The number of nitrogens with zero attached hydrogens (tertiary/aromatic N) is 2. The molecule has 0 atom stereocenters. The molecule has 220 valence electrons. The molecule has 42 heavy (non-hydrogen) atoms. The molecule has 0 unspecified atom stereocenters. The van der Waals surface area contributed by atoms with E-state index in [1.807, 2.05) is 42.9 Å². The number of unbranched alkanes of at least 4 members (excludes halogenated alkanes) is 3. The number of hydrogen-bond acceptors (Lipinski definition) is 5. The number of fused-ring (bicyclic) bond motifs is 2. The van der Waals surface area contributed by atoms with Gasteiger partial charge in [-0.3, -0.25) is 4.68 Å². The van der Waals surface area contributed by atoms with Crippen LogP contribution < -0.4 is 4.74 Å². The first-order valence-electron chi connectivity index (χ1n) is 15.1. The van der Waals surface area contributed by atoms with Crippen LogP contribution in [0, 0.1) is 6.92 Å². The third-order valence-corrected chi connectivity index (χ3v) is 8.00. The summed E-state index contributed by atoms with van der Waals surface area (Å²) in [6, 6.07) is 20.6. The Morgan fingerprint density at radius 2 is 1.69 bits per heavy atom. The Labute approximate surface area is 247 Å². The Hall–Kier alpha value is -4.10. The number of para-hydroxylation sites is 1. The predicted molar refractivity (Wildman–Crippen MR) is 168 cm³/mol. The number of aromatic amines is 1. The lowest BCUT2D eigenvalue weighted by Gasteiger charge is -2.10. The van der Waals surface area contributed by atoms with Crippen molar-refractivity contribution in [2.24, 2.45) is 7.05 Å². The van der Waals surface area contributed by atoms with Crippen molar-refractivity contribution >= 4 is 27.6 Å². The molecule has 0 aliphatic rings. The van der Waals surface area contributed by atoms with Gasteiger partial charge in [-0.2, -0.15) is 5.10 Å². The van der Waals surface area contributed by atoms with E-state index in [1.165, 1.54) is 0 Å². The summed E-state index contributed by atoms with van der Waals surface area (Å²) in [5, 5.41) is 17.2. The van der Waals surface area contributed by atoms with Crippen LogP contribution in [0.25, 0.3) is 32.8 Å². The van der Waals surface area contributed by atoms with Crippen molar-refractivity contribution in [1.29, 1.82) is 0 Å². The second-order valence-corrected chi connectivity index (χ2v) is 10.8. The lowest BCUT2D eigenvalue weighted by atomic mass is 9.96. The van der Waals surface area contributed by atoms with Gasteiger partial charge >= 0.3 is 5.97 Å². The minimum Gasteiger partial charge on any atom is -0.493 e. The fraction of sp³-hybridized carbons (Fsp3) is 0.371. The van der Waals surface area contributed by atoms with Gasteiger partial charge in [0.25, 0.3) is 0 Å². The zero-order valence-corrected chi connectivity index (χ0v) is 24.9. The quantitative estimate of drug-likeness (QED) is 0.108. The molecule has 0 bridgehead atoms. The maximum Gasteiger partial charge on any atom is 0.355 e. The molecule has 5 aromatic rings.